The number of likely N-dealkylation sites (N-methyl/N-ethyl adjacent to an activating group) is 1. The third-order valence-corrected chi connectivity index (χ3v) is 4.20. The summed E-state index contributed by atoms with van der Waals surface area (Å²) in [6, 6.07) is 2.32. The maximum Gasteiger partial charge on any atom is 0.173 e. The van der Waals surface area contributed by atoms with E-state index in [4.69, 9.17) is 20.7 Å². The average molecular weight is 276 g/mol. The van der Waals surface area contributed by atoms with Gasteiger partial charge in [-0.3, -0.25) is 0 Å². The van der Waals surface area contributed by atoms with E-state index < -0.39 is 0 Å². The first kappa shape index (κ1) is 13.2. The van der Waals surface area contributed by atoms with Crippen molar-refractivity contribution in [2.75, 3.05) is 25.2 Å². The van der Waals surface area contributed by atoms with Crippen molar-refractivity contribution in [2.24, 2.45) is 10.9 Å². The fourth-order valence-corrected chi connectivity index (χ4v) is 2.97. The molecule has 1 unspecified atom stereocenters. The lowest BCUT2D eigenvalue weighted by Crippen LogP contribution is -2.34. The van der Waals surface area contributed by atoms with Gasteiger partial charge >= 0.3 is 0 Å². The van der Waals surface area contributed by atoms with Gasteiger partial charge in [-0.1, -0.05) is 5.16 Å². The van der Waals surface area contributed by atoms with Crippen LogP contribution in [0.3, 0.4) is 0 Å². The molecule has 2 aliphatic rings. The highest BCUT2D eigenvalue weighted by atomic mass is 16.5. The molecular formula is C14H20N4O2. The van der Waals surface area contributed by atoms with Crippen molar-refractivity contribution >= 4 is 11.7 Å². The summed E-state index contributed by atoms with van der Waals surface area (Å²) >= 11 is 0. The quantitative estimate of drug-likeness (QED) is 0.371. The van der Waals surface area contributed by atoms with E-state index in [1.54, 1.807) is 0 Å². The monoisotopic (exact) mass is 276 g/mol. The molecule has 20 heavy (non-hydrogen) atoms. The first-order valence-corrected chi connectivity index (χ1v) is 7.02. The first-order valence-electron chi connectivity index (χ1n) is 7.02. The molecule has 6 nitrogen and oxygen atoms in total. The maximum absolute atomic E-state index is 9.00. The number of aromatic nitrogens is 1. The van der Waals surface area contributed by atoms with Crippen molar-refractivity contribution in [1.82, 2.24) is 4.98 Å². The molecular weight excluding hydrogens is 256 g/mol. The van der Waals surface area contributed by atoms with E-state index in [0.717, 1.165) is 43.8 Å². The molecule has 3 N–H and O–H groups in total. The van der Waals surface area contributed by atoms with E-state index in [-0.39, 0.29) is 5.84 Å². The van der Waals surface area contributed by atoms with Crippen LogP contribution in [-0.4, -0.2) is 42.3 Å². The lowest BCUT2D eigenvalue weighted by molar-refractivity contribution is 0.193. The molecule has 108 valence electrons. The number of oxime groups is 1. The van der Waals surface area contributed by atoms with Crippen LogP contribution in [0, 0.1) is 0 Å². The van der Waals surface area contributed by atoms with Crippen molar-refractivity contribution in [2.45, 2.75) is 31.7 Å². The molecule has 0 radical (unpaired) electrons. The molecule has 1 atom stereocenters. The SMILES string of the molecule is CN(c1nc2c(cc1C(N)=NO)CCC2)C1CCOC1. The molecule has 0 amide bonds. The van der Waals surface area contributed by atoms with Crippen molar-refractivity contribution < 1.29 is 9.94 Å². The Morgan fingerprint density at radius 1 is 1.55 bits per heavy atom. The van der Waals surface area contributed by atoms with Gasteiger partial charge in [0, 0.05) is 19.3 Å². The molecule has 1 aromatic rings. The number of aryl methyl sites for hydroxylation is 2. The number of hydrogen-bond donors (Lipinski definition) is 2. The van der Waals surface area contributed by atoms with Gasteiger partial charge in [-0.2, -0.15) is 0 Å². The highest BCUT2D eigenvalue weighted by molar-refractivity contribution is 6.01. The highest BCUT2D eigenvalue weighted by Crippen LogP contribution is 2.29. The van der Waals surface area contributed by atoms with Gasteiger partial charge < -0.3 is 20.6 Å². The number of nitrogens with two attached hydrogens (primary N) is 1. The zero-order valence-corrected chi connectivity index (χ0v) is 11.7. The van der Waals surface area contributed by atoms with E-state index in [1.165, 1.54) is 5.56 Å². The van der Waals surface area contributed by atoms with Gasteiger partial charge in [-0.25, -0.2) is 4.98 Å². The fourth-order valence-electron chi connectivity index (χ4n) is 2.97. The van der Waals surface area contributed by atoms with E-state index in [1.807, 2.05) is 13.1 Å². The van der Waals surface area contributed by atoms with Crippen LogP contribution in [0.15, 0.2) is 11.2 Å². The number of nitrogens with zero attached hydrogens (tertiary/aromatic N) is 3. The minimum absolute atomic E-state index is 0.118. The first-order chi connectivity index (χ1) is 9.70. The van der Waals surface area contributed by atoms with Gasteiger partial charge in [-0.15, -0.1) is 0 Å². The number of pyridine rings is 1. The van der Waals surface area contributed by atoms with Gasteiger partial charge in [0.05, 0.1) is 18.2 Å². The van der Waals surface area contributed by atoms with E-state index >= 15 is 0 Å². The summed E-state index contributed by atoms with van der Waals surface area (Å²) in [7, 11) is 2.00. The fraction of sp³-hybridized carbons (Fsp3) is 0.571. The minimum Gasteiger partial charge on any atom is -0.409 e. The average Bonchev–Trinajstić information content (AvgIpc) is 3.14. The third-order valence-electron chi connectivity index (χ3n) is 4.20. The second-order valence-corrected chi connectivity index (χ2v) is 5.43. The Kier molecular flexibility index (Phi) is 3.48. The lowest BCUT2D eigenvalue weighted by Gasteiger charge is -2.27. The number of anilines is 1. The highest BCUT2D eigenvalue weighted by Gasteiger charge is 2.26. The standard InChI is InChI=1S/C14H20N4O2/c1-18(10-5-6-20-8-10)14-11(13(15)17-19)7-9-3-2-4-12(9)16-14/h7,10,19H,2-6,8H2,1H3,(H2,15,17). The number of hydrogen-bond acceptors (Lipinski definition) is 5. The normalized spacial score (nSPS) is 22.1. The molecule has 1 aliphatic carbocycles. The predicted octanol–water partition coefficient (Wildman–Crippen LogP) is 0.890. The van der Waals surface area contributed by atoms with Crippen molar-refractivity contribution in [3.8, 4) is 0 Å². The molecule has 1 aliphatic heterocycles. The second kappa shape index (κ2) is 5.28. The van der Waals surface area contributed by atoms with Gasteiger partial charge in [0.1, 0.15) is 5.82 Å². The summed E-state index contributed by atoms with van der Waals surface area (Å²) in [6.07, 6.45) is 4.13. The Morgan fingerprint density at radius 3 is 3.10 bits per heavy atom. The molecule has 3 rings (SSSR count). The number of rotatable bonds is 3. The van der Waals surface area contributed by atoms with E-state index in [9.17, 15) is 0 Å². The predicted molar refractivity (Wildman–Crippen MR) is 76.4 cm³/mol. The summed E-state index contributed by atoms with van der Waals surface area (Å²) in [6.45, 7) is 1.48. The second-order valence-electron chi connectivity index (χ2n) is 5.43. The summed E-state index contributed by atoms with van der Waals surface area (Å²) in [5.74, 6) is 0.907. The molecule has 1 saturated heterocycles. The van der Waals surface area contributed by atoms with Crippen LogP contribution in [0.5, 0.6) is 0 Å². The van der Waals surface area contributed by atoms with Gasteiger partial charge in [0.2, 0.25) is 0 Å². The smallest absolute Gasteiger partial charge is 0.173 e. The molecule has 1 fully saturated rings. The van der Waals surface area contributed by atoms with Gasteiger partial charge in [0.15, 0.2) is 5.84 Å². The van der Waals surface area contributed by atoms with Crippen molar-refractivity contribution in [3.63, 3.8) is 0 Å². The Labute approximate surface area is 118 Å². The summed E-state index contributed by atoms with van der Waals surface area (Å²) < 4.78 is 5.44. The van der Waals surface area contributed by atoms with E-state index in [0.29, 0.717) is 18.2 Å². The van der Waals surface area contributed by atoms with Crippen LogP contribution in [0.4, 0.5) is 5.82 Å². The number of fused-ring (bicyclic) bond motifs is 1. The Hall–Kier alpha value is -1.82. The van der Waals surface area contributed by atoms with Gasteiger partial charge in [0.25, 0.3) is 0 Å². The van der Waals surface area contributed by atoms with Crippen LogP contribution in [0.25, 0.3) is 0 Å². The molecule has 0 saturated carbocycles. The summed E-state index contributed by atoms with van der Waals surface area (Å²) in [5, 5.41) is 12.2. The molecule has 0 spiro atoms. The topological polar surface area (TPSA) is 84.0 Å². The Bertz CT molecular complexity index is 538. The van der Waals surface area contributed by atoms with Crippen LogP contribution in [-0.2, 0) is 17.6 Å². The third kappa shape index (κ3) is 2.20. The molecule has 0 bridgehead atoms. The van der Waals surface area contributed by atoms with Crippen LogP contribution >= 0.6 is 0 Å². The van der Waals surface area contributed by atoms with E-state index in [2.05, 4.69) is 10.1 Å². The zero-order valence-electron chi connectivity index (χ0n) is 11.7. The zero-order chi connectivity index (χ0) is 14.1. The number of ether oxygens (including phenoxy) is 1. The van der Waals surface area contributed by atoms with Crippen molar-refractivity contribution in [3.05, 3.63) is 22.9 Å². The molecule has 2 heterocycles. The Morgan fingerprint density at radius 2 is 2.40 bits per heavy atom. The maximum atomic E-state index is 9.00. The van der Waals surface area contributed by atoms with Crippen molar-refractivity contribution in [1.29, 1.82) is 0 Å². The van der Waals surface area contributed by atoms with Crippen LogP contribution in [0.1, 0.15) is 29.7 Å². The lowest BCUT2D eigenvalue weighted by atomic mass is 10.1. The Balaban J connectivity index is 2.03. The van der Waals surface area contributed by atoms with Crippen LogP contribution < -0.4 is 10.6 Å². The van der Waals surface area contributed by atoms with Crippen LogP contribution in [0.2, 0.25) is 0 Å². The van der Waals surface area contributed by atoms with Gasteiger partial charge in [-0.05, 0) is 37.3 Å². The minimum atomic E-state index is 0.118. The largest absolute Gasteiger partial charge is 0.409 e. The molecule has 0 aromatic carbocycles. The molecule has 6 heteroatoms. The number of amidine groups is 1. The molecule has 1 aromatic heterocycles. The summed E-state index contributed by atoms with van der Waals surface area (Å²) in [5.41, 5.74) is 8.89. The summed E-state index contributed by atoms with van der Waals surface area (Å²) in [4.78, 5) is 6.86.